The maximum atomic E-state index is 13.4. The van der Waals surface area contributed by atoms with Crippen LogP contribution in [0.3, 0.4) is 0 Å². The van der Waals surface area contributed by atoms with E-state index in [1.807, 2.05) is 6.92 Å². The highest BCUT2D eigenvalue weighted by atomic mass is 35.5. The van der Waals surface area contributed by atoms with Gasteiger partial charge in [0.05, 0.1) is 11.4 Å². The quantitative estimate of drug-likeness (QED) is 0.405. The van der Waals surface area contributed by atoms with E-state index in [0.29, 0.717) is 16.5 Å². The summed E-state index contributed by atoms with van der Waals surface area (Å²) in [4.78, 5) is 24.9. The number of aryl methyl sites for hydroxylation is 1. The number of carbonyl (C=O) groups excluding carboxylic acids is 1. The summed E-state index contributed by atoms with van der Waals surface area (Å²) >= 11 is 6.01. The number of aliphatic carboxylic acids is 1. The van der Waals surface area contributed by atoms with Crippen molar-refractivity contribution >= 4 is 33.3 Å². The third-order valence-electron chi connectivity index (χ3n) is 5.55. The molecule has 3 rings (SSSR count). The number of hydrogen-bond acceptors (Lipinski definition) is 7. The molecule has 2 aromatic carbocycles. The average molecular weight is 483 g/mol. The second-order valence-electron chi connectivity index (χ2n) is 7.59. The molecule has 0 atom stereocenters. The molecule has 11 heteroatoms. The number of nitrogens with one attached hydrogen (secondary N) is 1. The summed E-state index contributed by atoms with van der Waals surface area (Å²) in [6, 6.07) is 10.7. The maximum Gasteiger partial charge on any atom is 0.317 e. The van der Waals surface area contributed by atoms with Crippen molar-refractivity contribution in [2.24, 2.45) is 0 Å². The third kappa shape index (κ3) is 4.73. The molecule has 1 fully saturated rings. The number of nitrogens with zero attached hydrogens (tertiary/aromatic N) is 1. The second-order valence-corrected chi connectivity index (χ2v) is 10.3. The van der Waals surface area contributed by atoms with Gasteiger partial charge in [-0.05, 0) is 67.8 Å². The van der Waals surface area contributed by atoms with Crippen LogP contribution in [0.1, 0.15) is 18.4 Å². The van der Waals surface area contributed by atoms with Gasteiger partial charge in [0.2, 0.25) is 0 Å². The Balaban J connectivity index is 1.84. The number of likely N-dealkylation sites (tertiary alicyclic amines) is 1. The number of hydrogen-bond donors (Lipinski definition) is 3. The Labute approximate surface area is 190 Å². The normalized spacial score (nSPS) is 16.3. The van der Waals surface area contributed by atoms with Gasteiger partial charge in [0.15, 0.2) is 14.6 Å². The van der Waals surface area contributed by atoms with E-state index in [-0.39, 0.29) is 37.4 Å². The van der Waals surface area contributed by atoms with E-state index in [1.165, 1.54) is 29.7 Å². The Bertz CT molecular complexity index is 1110. The molecule has 3 N–H and O–H groups in total. The van der Waals surface area contributed by atoms with E-state index in [1.54, 1.807) is 23.1 Å². The van der Waals surface area contributed by atoms with Crippen LogP contribution in [0, 0.1) is 6.92 Å². The predicted molar refractivity (Wildman–Crippen MR) is 116 cm³/mol. The number of rotatable bonds is 7. The molecule has 32 heavy (non-hydrogen) atoms. The van der Waals surface area contributed by atoms with Crippen LogP contribution in [0.15, 0.2) is 47.4 Å². The molecular weight excluding hydrogens is 460 g/mol. The van der Waals surface area contributed by atoms with Crippen molar-refractivity contribution in [2.45, 2.75) is 29.4 Å². The molecule has 1 heterocycles. The molecular formula is C21H23ClN2O7S. The number of carboxylic acids is 1. The number of hydroxylamine groups is 1. The van der Waals surface area contributed by atoms with Crippen molar-refractivity contribution in [3.05, 3.63) is 53.1 Å². The minimum Gasteiger partial charge on any atom is -0.480 e. The van der Waals surface area contributed by atoms with Crippen molar-refractivity contribution in [3.63, 3.8) is 0 Å². The van der Waals surface area contributed by atoms with Crippen molar-refractivity contribution in [3.8, 4) is 11.5 Å². The number of carboxylic acid groups (broad SMARTS) is 1. The number of carbonyl (C=O) groups is 2. The molecule has 0 unspecified atom stereocenters. The molecule has 0 bridgehead atoms. The Hall–Kier alpha value is -2.66. The summed E-state index contributed by atoms with van der Waals surface area (Å²) in [5.74, 6) is -1.16. The lowest BCUT2D eigenvalue weighted by Crippen LogP contribution is -2.58. The Morgan fingerprint density at radius 3 is 2.25 bits per heavy atom. The molecule has 0 aliphatic carbocycles. The van der Waals surface area contributed by atoms with Crippen LogP contribution >= 0.6 is 11.6 Å². The summed E-state index contributed by atoms with van der Waals surface area (Å²) in [6.45, 7) is 1.73. The molecule has 172 valence electrons. The number of piperidine rings is 1. The Morgan fingerprint density at radius 2 is 1.72 bits per heavy atom. The highest BCUT2D eigenvalue weighted by Crippen LogP contribution is 2.37. The van der Waals surface area contributed by atoms with Crippen molar-refractivity contribution in [2.75, 3.05) is 19.6 Å². The van der Waals surface area contributed by atoms with Crippen LogP contribution < -0.4 is 10.2 Å². The van der Waals surface area contributed by atoms with Gasteiger partial charge in [-0.2, -0.15) is 0 Å². The minimum atomic E-state index is -4.21. The minimum absolute atomic E-state index is 0.0794. The van der Waals surface area contributed by atoms with Gasteiger partial charge in [0, 0.05) is 18.1 Å². The number of benzene rings is 2. The largest absolute Gasteiger partial charge is 0.480 e. The van der Waals surface area contributed by atoms with E-state index in [4.69, 9.17) is 21.4 Å². The van der Waals surface area contributed by atoms with Gasteiger partial charge < -0.3 is 9.84 Å². The predicted octanol–water partition coefficient (Wildman–Crippen LogP) is 2.64. The highest BCUT2D eigenvalue weighted by molar-refractivity contribution is 7.93. The molecule has 1 aliphatic rings. The van der Waals surface area contributed by atoms with Gasteiger partial charge in [-0.15, -0.1) is 0 Å². The van der Waals surface area contributed by atoms with Gasteiger partial charge >= 0.3 is 5.97 Å². The zero-order valence-electron chi connectivity index (χ0n) is 17.2. The molecule has 0 saturated carbocycles. The van der Waals surface area contributed by atoms with Gasteiger partial charge in [0.25, 0.3) is 5.91 Å². The summed E-state index contributed by atoms with van der Waals surface area (Å²) in [5.41, 5.74) is 2.30. The Morgan fingerprint density at radius 1 is 1.12 bits per heavy atom. The molecule has 0 spiro atoms. The third-order valence-corrected chi connectivity index (χ3v) is 8.49. The molecule has 1 saturated heterocycles. The summed E-state index contributed by atoms with van der Waals surface area (Å²) < 4.78 is 30.7. The number of ether oxygens (including phenoxy) is 1. The van der Waals surface area contributed by atoms with Crippen molar-refractivity contribution < 1.29 is 33.1 Å². The topological polar surface area (TPSA) is 133 Å². The first kappa shape index (κ1) is 24.0. The van der Waals surface area contributed by atoms with Gasteiger partial charge in [0.1, 0.15) is 11.5 Å². The molecule has 1 aliphatic heterocycles. The van der Waals surface area contributed by atoms with E-state index in [0.717, 1.165) is 5.56 Å². The fourth-order valence-corrected chi connectivity index (χ4v) is 5.79. The molecule has 2 aromatic rings. The van der Waals surface area contributed by atoms with Crippen molar-refractivity contribution in [1.82, 2.24) is 10.4 Å². The van der Waals surface area contributed by atoms with E-state index < -0.39 is 26.5 Å². The fourth-order valence-electron chi connectivity index (χ4n) is 3.71. The van der Waals surface area contributed by atoms with E-state index >= 15 is 0 Å². The van der Waals surface area contributed by atoms with Crippen LogP contribution in [0.2, 0.25) is 5.02 Å². The van der Waals surface area contributed by atoms with Crippen LogP contribution in [0.25, 0.3) is 0 Å². The second kappa shape index (κ2) is 9.45. The number of amides is 1. The molecule has 0 radical (unpaired) electrons. The average Bonchev–Trinajstić information content (AvgIpc) is 2.76. The van der Waals surface area contributed by atoms with Crippen LogP contribution in [-0.4, -0.2) is 59.9 Å². The monoisotopic (exact) mass is 482 g/mol. The van der Waals surface area contributed by atoms with Gasteiger partial charge in [-0.3, -0.25) is 19.7 Å². The maximum absolute atomic E-state index is 13.4. The van der Waals surface area contributed by atoms with Crippen LogP contribution in [0.5, 0.6) is 11.5 Å². The lowest BCUT2D eigenvalue weighted by molar-refractivity contribution is -0.139. The first-order valence-corrected chi connectivity index (χ1v) is 11.6. The molecule has 0 aromatic heterocycles. The van der Waals surface area contributed by atoms with Crippen LogP contribution in [0.4, 0.5) is 0 Å². The van der Waals surface area contributed by atoms with Gasteiger partial charge in [-0.25, -0.2) is 13.9 Å². The van der Waals surface area contributed by atoms with Crippen LogP contribution in [-0.2, 0) is 19.4 Å². The van der Waals surface area contributed by atoms with Gasteiger partial charge in [-0.1, -0.05) is 11.6 Å². The first-order valence-electron chi connectivity index (χ1n) is 9.76. The summed E-state index contributed by atoms with van der Waals surface area (Å²) in [5, 5.41) is 18.8. The zero-order chi connectivity index (χ0) is 23.5. The van der Waals surface area contributed by atoms with Crippen molar-refractivity contribution in [1.29, 1.82) is 0 Å². The lowest BCUT2D eigenvalue weighted by Gasteiger charge is -2.38. The summed E-state index contributed by atoms with van der Waals surface area (Å²) in [6.07, 6.45) is -0.311. The lowest BCUT2D eigenvalue weighted by atomic mass is 9.95. The number of sulfone groups is 1. The highest BCUT2D eigenvalue weighted by Gasteiger charge is 2.53. The van der Waals surface area contributed by atoms with E-state index in [9.17, 15) is 23.2 Å². The Kier molecular flexibility index (Phi) is 7.09. The smallest absolute Gasteiger partial charge is 0.317 e. The summed E-state index contributed by atoms with van der Waals surface area (Å²) in [7, 11) is -4.21. The fraction of sp³-hybridized carbons (Fsp3) is 0.333. The number of halogens is 1. The standard InChI is InChI=1S/C21H23ClN2O7S/c1-14-12-16(4-7-18(14)22)31-15-2-5-17(6-3-15)32(29,30)21(20(27)23-28)8-10-24(11-9-21)13-19(25)26/h2-7,12,28H,8-11,13H2,1H3,(H,23,27)(H,25,26). The molecule has 1 amide bonds. The molecule has 9 nitrogen and oxygen atoms in total. The zero-order valence-corrected chi connectivity index (χ0v) is 18.8. The SMILES string of the molecule is Cc1cc(Oc2ccc(S(=O)(=O)C3(C(=O)NO)CCN(CC(=O)O)CC3)cc2)ccc1Cl. The van der Waals surface area contributed by atoms with E-state index in [2.05, 4.69) is 0 Å². The first-order chi connectivity index (χ1) is 15.1.